The van der Waals surface area contributed by atoms with Crippen molar-refractivity contribution < 1.29 is 36.2 Å². The number of aliphatic hydroxyl groups is 1. The number of nitrogens with zero attached hydrogens (tertiary/aromatic N) is 1. The minimum atomic E-state index is -3.84. The number of nitrogens with one attached hydrogen (secondary N) is 2. The van der Waals surface area contributed by atoms with E-state index in [1.807, 2.05) is 30.3 Å². The van der Waals surface area contributed by atoms with Crippen LogP contribution in [-0.4, -0.2) is 91.0 Å². The summed E-state index contributed by atoms with van der Waals surface area (Å²) < 4.78 is 72.8. The highest BCUT2D eigenvalue weighted by molar-refractivity contribution is 7.89. The first kappa shape index (κ1) is 34.3. The van der Waals surface area contributed by atoms with Gasteiger partial charge in [0.05, 0.1) is 24.2 Å². The third-order valence-corrected chi connectivity index (χ3v) is 11.9. The SMILES string of the molecule is CNS(=O)(=O)c1cccc(OCC(O)CN[C@@H]2COC3(CCN(S(=O)(=O)c4cc(-c5ccc(CN)cc5)ccc4OC)CC3)C2)c1. The van der Waals surface area contributed by atoms with Gasteiger partial charge in [0, 0.05) is 38.3 Å². The molecule has 3 aromatic carbocycles. The van der Waals surface area contributed by atoms with Crippen LogP contribution < -0.4 is 25.2 Å². The van der Waals surface area contributed by atoms with E-state index in [2.05, 4.69) is 10.0 Å². The van der Waals surface area contributed by atoms with Crippen molar-refractivity contribution >= 4 is 20.0 Å². The third-order valence-electron chi connectivity index (χ3n) is 8.62. The summed E-state index contributed by atoms with van der Waals surface area (Å²) in [5.74, 6) is 0.632. The molecule has 2 saturated heterocycles. The first-order chi connectivity index (χ1) is 22.0. The highest BCUT2D eigenvalue weighted by Crippen LogP contribution is 2.39. The van der Waals surface area contributed by atoms with Crippen LogP contribution in [0.3, 0.4) is 0 Å². The number of hydrogen-bond acceptors (Lipinski definition) is 10. The maximum atomic E-state index is 13.8. The van der Waals surface area contributed by atoms with Gasteiger partial charge >= 0.3 is 0 Å². The molecular formula is C32H42N4O8S2. The van der Waals surface area contributed by atoms with Crippen molar-refractivity contribution in [3.63, 3.8) is 0 Å². The lowest BCUT2D eigenvalue weighted by atomic mass is 9.88. The zero-order valence-corrected chi connectivity index (χ0v) is 27.6. The number of piperidine rings is 1. The van der Waals surface area contributed by atoms with E-state index in [9.17, 15) is 21.9 Å². The second kappa shape index (κ2) is 14.4. The molecule has 2 aliphatic heterocycles. The number of ether oxygens (including phenoxy) is 3. The van der Waals surface area contributed by atoms with Crippen LogP contribution in [0.1, 0.15) is 24.8 Å². The fourth-order valence-electron chi connectivity index (χ4n) is 5.89. The van der Waals surface area contributed by atoms with Gasteiger partial charge in [0.15, 0.2) is 0 Å². The van der Waals surface area contributed by atoms with E-state index in [4.69, 9.17) is 19.9 Å². The van der Waals surface area contributed by atoms with Gasteiger partial charge in [0.2, 0.25) is 20.0 Å². The normalized spacial score (nSPS) is 19.3. The lowest BCUT2D eigenvalue weighted by molar-refractivity contribution is -0.0312. The summed E-state index contributed by atoms with van der Waals surface area (Å²) in [6, 6.07) is 19.0. The van der Waals surface area contributed by atoms with Crippen molar-refractivity contribution in [1.29, 1.82) is 0 Å². The van der Waals surface area contributed by atoms with Crippen LogP contribution in [0.25, 0.3) is 11.1 Å². The first-order valence-electron chi connectivity index (χ1n) is 15.2. The Morgan fingerprint density at radius 3 is 2.43 bits per heavy atom. The van der Waals surface area contributed by atoms with E-state index in [0.717, 1.165) is 16.7 Å². The summed E-state index contributed by atoms with van der Waals surface area (Å²) in [6.07, 6.45) is 0.947. The number of benzene rings is 3. The largest absolute Gasteiger partial charge is 0.495 e. The molecule has 0 aromatic heterocycles. The molecule has 12 nitrogen and oxygen atoms in total. The molecule has 250 valence electrons. The van der Waals surface area contributed by atoms with Crippen LogP contribution in [0.15, 0.2) is 76.5 Å². The predicted molar refractivity (Wildman–Crippen MR) is 174 cm³/mol. The number of methoxy groups -OCH3 is 1. The van der Waals surface area contributed by atoms with Gasteiger partial charge in [0.25, 0.3) is 0 Å². The van der Waals surface area contributed by atoms with E-state index in [1.165, 1.54) is 30.6 Å². The Balaban J connectivity index is 1.14. The molecular weight excluding hydrogens is 633 g/mol. The van der Waals surface area contributed by atoms with Crippen molar-refractivity contribution in [3.05, 3.63) is 72.3 Å². The summed E-state index contributed by atoms with van der Waals surface area (Å²) in [5, 5.41) is 13.8. The molecule has 5 N–H and O–H groups in total. The number of nitrogens with two attached hydrogens (primary N) is 1. The second-order valence-electron chi connectivity index (χ2n) is 11.6. The maximum Gasteiger partial charge on any atom is 0.246 e. The van der Waals surface area contributed by atoms with Gasteiger partial charge in [-0.05, 0) is 67.3 Å². The molecule has 2 heterocycles. The van der Waals surface area contributed by atoms with Crippen molar-refractivity contribution in [3.8, 4) is 22.6 Å². The van der Waals surface area contributed by atoms with Crippen LogP contribution in [0.4, 0.5) is 0 Å². The summed E-state index contributed by atoms with van der Waals surface area (Å²) in [5.41, 5.74) is 7.93. The summed E-state index contributed by atoms with van der Waals surface area (Å²) in [4.78, 5) is 0.207. The summed E-state index contributed by atoms with van der Waals surface area (Å²) in [7, 11) is -4.64. The van der Waals surface area contributed by atoms with Crippen molar-refractivity contribution in [1.82, 2.24) is 14.3 Å². The molecule has 46 heavy (non-hydrogen) atoms. The molecule has 1 spiro atoms. The minimum absolute atomic E-state index is 0.00987. The van der Waals surface area contributed by atoms with Gasteiger partial charge in [-0.1, -0.05) is 36.4 Å². The van der Waals surface area contributed by atoms with Crippen LogP contribution in [0, 0.1) is 0 Å². The van der Waals surface area contributed by atoms with E-state index in [-0.39, 0.29) is 29.0 Å². The second-order valence-corrected chi connectivity index (χ2v) is 15.4. The van der Waals surface area contributed by atoms with Crippen molar-refractivity contribution in [2.45, 2.75) is 53.3 Å². The van der Waals surface area contributed by atoms with Gasteiger partial charge in [-0.3, -0.25) is 0 Å². The third kappa shape index (κ3) is 7.72. The Kier molecular flexibility index (Phi) is 10.7. The summed E-state index contributed by atoms with van der Waals surface area (Å²) in [6.45, 7) is 1.73. The minimum Gasteiger partial charge on any atom is -0.495 e. The fraction of sp³-hybridized carbons (Fsp3) is 0.438. The number of aliphatic hydroxyl groups excluding tert-OH is 1. The molecule has 0 radical (unpaired) electrons. The zero-order chi connectivity index (χ0) is 33.0. The van der Waals surface area contributed by atoms with Gasteiger partial charge < -0.3 is 30.4 Å². The molecule has 2 aliphatic rings. The Hall–Kier alpha value is -3.08. The molecule has 3 aromatic rings. The number of hydrogen-bond donors (Lipinski definition) is 4. The van der Waals surface area contributed by atoms with Crippen LogP contribution >= 0.6 is 0 Å². The van der Waals surface area contributed by atoms with E-state index in [1.54, 1.807) is 24.3 Å². The molecule has 0 bridgehead atoms. The predicted octanol–water partition coefficient (Wildman–Crippen LogP) is 2.07. The Morgan fingerprint density at radius 1 is 1.04 bits per heavy atom. The quantitative estimate of drug-likeness (QED) is 0.211. The van der Waals surface area contributed by atoms with E-state index < -0.39 is 31.8 Å². The van der Waals surface area contributed by atoms with Crippen LogP contribution in [-0.2, 0) is 31.3 Å². The summed E-state index contributed by atoms with van der Waals surface area (Å²) >= 11 is 0. The Labute approximate surface area is 270 Å². The topological polar surface area (TPSA) is 170 Å². The van der Waals surface area contributed by atoms with Gasteiger partial charge in [-0.25, -0.2) is 21.6 Å². The van der Waals surface area contributed by atoms with E-state index in [0.29, 0.717) is 57.0 Å². The molecule has 2 fully saturated rings. The van der Waals surface area contributed by atoms with Crippen molar-refractivity contribution in [2.75, 3.05) is 47.0 Å². The van der Waals surface area contributed by atoms with Crippen molar-refractivity contribution in [2.24, 2.45) is 5.73 Å². The monoisotopic (exact) mass is 674 g/mol. The van der Waals surface area contributed by atoms with Crippen LogP contribution in [0.2, 0.25) is 0 Å². The van der Waals surface area contributed by atoms with Gasteiger partial charge in [-0.2, -0.15) is 4.31 Å². The van der Waals surface area contributed by atoms with Crippen LogP contribution in [0.5, 0.6) is 11.5 Å². The van der Waals surface area contributed by atoms with Gasteiger partial charge in [0.1, 0.15) is 29.1 Å². The number of sulfonamides is 2. The fourth-order valence-corrected chi connectivity index (χ4v) is 8.28. The first-order valence-corrected chi connectivity index (χ1v) is 18.1. The average molecular weight is 675 g/mol. The zero-order valence-electron chi connectivity index (χ0n) is 26.0. The average Bonchev–Trinajstić information content (AvgIpc) is 3.48. The molecule has 1 unspecified atom stereocenters. The molecule has 0 aliphatic carbocycles. The highest BCUT2D eigenvalue weighted by Gasteiger charge is 2.45. The van der Waals surface area contributed by atoms with E-state index >= 15 is 0 Å². The number of rotatable bonds is 13. The molecule has 0 amide bonds. The lowest BCUT2D eigenvalue weighted by Gasteiger charge is -2.38. The maximum absolute atomic E-state index is 13.8. The molecule has 14 heteroatoms. The highest BCUT2D eigenvalue weighted by atomic mass is 32.2. The smallest absolute Gasteiger partial charge is 0.246 e. The standard InChI is InChI=1S/C32H42N4O8S2/c1-34-45(38,39)29-5-3-4-28(17-29)43-22-27(37)20-35-26-18-32(44-21-26)12-14-36(15-13-32)46(40,41)31-16-25(10-11-30(31)42-2)24-8-6-23(19-33)7-9-24/h3-11,16-17,26-27,34-35,37H,12-15,18-22,33H2,1-2H3/t26-,27?/m0/s1. The molecule has 2 atom stereocenters. The Morgan fingerprint density at radius 2 is 1.76 bits per heavy atom. The molecule has 5 rings (SSSR count). The van der Waals surface area contributed by atoms with Gasteiger partial charge in [-0.15, -0.1) is 0 Å². The Bertz CT molecular complexity index is 1710. The lowest BCUT2D eigenvalue weighted by Crippen LogP contribution is -2.47. The molecule has 0 saturated carbocycles.